The van der Waals surface area contributed by atoms with E-state index in [-0.39, 0.29) is 0 Å². The number of rotatable bonds is 2. The van der Waals surface area contributed by atoms with Gasteiger partial charge in [0.1, 0.15) is 0 Å². The van der Waals surface area contributed by atoms with Crippen LogP contribution < -0.4 is 8.92 Å². The van der Waals surface area contributed by atoms with Crippen molar-refractivity contribution in [3.05, 3.63) is 59.2 Å². The summed E-state index contributed by atoms with van der Waals surface area (Å²) in [5, 5.41) is 0. The first-order valence-corrected chi connectivity index (χ1v) is 8.05. The summed E-state index contributed by atoms with van der Waals surface area (Å²) in [6.45, 7) is 6.17. The van der Waals surface area contributed by atoms with E-state index in [0.29, 0.717) is 0 Å². The molecule has 0 spiro atoms. The molecule has 0 radical (unpaired) electrons. The number of benzene rings is 2. The molecule has 2 aromatic carbocycles. The first-order chi connectivity index (χ1) is 8.09. The molecule has 0 aromatic heterocycles. The maximum atomic E-state index is 12.6. The van der Waals surface area contributed by atoms with Crippen LogP contribution in [0.1, 0.15) is 16.7 Å². The van der Waals surface area contributed by atoms with Gasteiger partial charge < -0.3 is 0 Å². The Kier molecular flexibility index (Phi) is 3.56. The van der Waals surface area contributed by atoms with Crippen LogP contribution >= 0.6 is 0 Å². The van der Waals surface area contributed by atoms with Gasteiger partial charge >= 0.3 is 107 Å². The summed E-state index contributed by atoms with van der Waals surface area (Å²) in [5.41, 5.74) is 3.52. The van der Waals surface area contributed by atoms with Gasteiger partial charge in [-0.15, -0.1) is 0 Å². The van der Waals surface area contributed by atoms with Crippen molar-refractivity contribution < 1.29 is 3.83 Å². The normalized spacial score (nSPS) is 12.4. The minimum absolute atomic E-state index is 0.961. The Hall–Kier alpha value is -1.24. The third kappa shape index (κ3) is 2.54. The summed E-state index contributed by atoms with van der Waals surface area (Å²) < 4.78 is 14.6. The van der Waals surface area contributed by atoms with Crippen molar-refractivity contribution in [1.29, 1.82) is 0 Å². The van der Waals surface area contributed by atoms with Gasteiger partial charge in [-0.2, -0.15) is 0 Å². The Balaban J connectivity index is 2.52. The summed E-state index contributed by atoms with van der Waals surface area (Å²) >= 11 is -2.12. The molecule has 0 saturated carbocycles. The predicted molar refractivity (Wildman–Crippen MR) is 72.8 cm³/mol. The zero-order valence-electron chi connectivity index (χ0n) is 10.4. The van der Waals surface area contributed by atoms with Crippen LogP contribution in [0, 0.1) is 20.8 Å². The van der Waals surface area contributed by atoms with Gasteiger partial charge in [-0.25, -0.2) is 0 Å². The van der Waals surface area contributed by atoms with E-state index in [1.807, 2.05) is 44.2 Å². The molecule has 0 amide bonds. The molecule has 0 aliphatic rings. The van der Waals surface area contributed by atoms with Crippen molar-refractivity contribution in [2.75, 3.05) is 0 Å². The van der Waals surface area contributed by atoms with Gasteiger partial charge in [0.25, 0.3) is 0 Å². The number of hydrogen-bond donors (Lipinski definition) is 0. The molecule has 0 bridgehead atoms. The van der Waals surface area contributed by atoms with Crippen LogP contribution in [0.5, 0.6) is 0 Å². The van der Waals surface area contributed by atoms with Gasteiger partial charge in [0.2, 0.25) is 0 Å². The van der Waals surface area contributed by atoms with Crippen LogP contribution in [-0.2, 0) is 3.83 Å². The SMILES string of the molecule is Cc1cc(C)c([Se](=O)c2ccccc2)c(C)c1. The van der Waals surface area contributed by atoms with Crippen molar-refractivity contribution >= 4 is 22.8 Å². The standard InChI is InChI=1S/C15H16OSe/c1-11-9-12(2)15(13(3)10-11)17(16)14-7-5-4-6-8-14/h4-10H,1-3H3. The Labute approximate surface area is 107 Å². The molecule has 2 heteroatoms. The van der Waals surface area contributed by atoms with E-state index in [0.717, 1.165) is 20.1 Å². The Morgan fingerprint density at radius 3 is 1.94 bits per heavy atom. The summed E-state index contributed by atoms with van der Waals surface area (Å²) in [5.74, 6) is 0. The second kappa shape index (κ2) is 4.95. The third-order valence-electron chi connectivity index (χ3n) is 2.75. The first-order valence-electron chi connectivity index (χ1n) is 5.64. The van der Waals surface area contributed by atoms with Crippen LogP contribution in [0.25, 0.3) is 0 Å². The van der Waals surface area contributed by atoms with E-state index >= 15 is 0 Å². The summed E-state index contributed by atoms with van der Waals surface area (Å²) in [7, 11) is 0. The fourth-order valence-corrected chi connectivity index (χ4v) is 4.94. The minimum atomic E-state index is -2.12. The van der Waals surface area contributed by atoms with E-state index < -0.39 is 13.8 Å². The summed E-state index contributed by atoms with van der Waals surface area (Å²) in [4.78, 5) is 0. The second-order valence-electron chi connectivity index (χ2n) is 4.31. The number of aryl methyl sites for hydroxylation is 3. The van der Waals surface area contributed by atoms with E-state index in [2.05, 4.69) is 19.1 Å². The molecule has 1 nitrogen and oxygen atoms in total. The van der Waals surface area contributed by atoms with Crippen LogP contribution in [-0.4, -0.2) is 13.8 Å². The van der Waals surface area contributed by atoms with Crippen LogP contribution in [0.2, 0.25) is 0 Å². The van der Waals surface area contributed by atoms with Crippen molar-refractivity contribution in [2.24, 2.45) is 0 Å². The van der Waals surface area contributed by atoms with Gasteiger partial charge in [0.05, 0.1) is 0 Å². The quantitative estimate of drug-likeness (QED) is 0.775. The molecule has 1 unspecified atom stereocenters. The first kappa shape index (κ1) is 12.2. The van der Waals surface area contributed by atoms with Crippen molar-refractivity contribution in [2.45, 2.75) is 20.8 Å². The molecule has 0 aliphatic carbocycles. The Bertz CT molecular complexity index is 535. The van der Waals surface area contributed by atoms with Gasteiger partial charge in [-0.1, -0.05) is 0 Å². The third-order valence-corrected chi connectivity index (χ3v) is 6.35. The molecule has 0 heterocycles. The maximum absolute atomic E-state index is 12.6. The average Bonchev–Trinajstić information content (AvgIpc) is 2.28. The molecule has 0 fully saturated rings. The number of hydrogen-bond acceptors (Lipinski definition) is 1. The molecular weight excluding hydrogens is 275 g/mol. The molecule has 88 valence electrons. The van der Waals surface area contributed by atoms with Crippen molar-refractivity contribution in [3.63, 3.8) is 0 Å². The fraction of sp³-hybridized carbons (Fsp3) is 0.200. The fourth-order valence-electron chi connectivity index (χ4n) is 2.12. The predicted octanol–water partition coefficient (Wildman–Crippen LogP) is 2.15. The second-order valence-corrected chi connectivity index (χ2v) is 7.28. The van der Waals surface area contributed by atoms with E-state index in [9.17, 15) is 3.83 Å². The van der Waals surface area contributed by atoms with Crippen LogP contribution in [0.4, 0.5) is 0 Å². The summed E-state index contributed by atoms with van der Waals surface area (Å²) in [6.07, 6.45) is 0. The van der Waals surface area contributed by atoms with E-state index in [1.54, 1.807) is 0 Å². The van der Waals surface area contributed by atoms with Gasteiger partial charge in [-0.3, -0.25) is 0 Å². The van der Waals surface area contributed by atoms with Crippen molar-refractivity contribution in [3.8, 4) is 0 Å². The van der Waals surface area contributed by atoms with Crippen LogP contribution in [0.15, 0.2) is 42.5 Å². The molecular formula is C15H16OSe. The van der Waals surface area contributed by atoms with Crippen LogP contribution in [0.3, 0.4) is 0 Å². The van der Waals surface area contributed by atoms with E-state index in [4.69, 9.17) is 0 Å². The van der Waals surface area contributed by atoms with E-state index in [1.165, 1.54) is 5.56 Å². The molecule has 2 rings (SSSR count). The molecule has 17 heavy (non-hydrogen) atoms. The molecule has 2 aromatic rings. The Morgan fingerprint density at radius 1 is 0.882 bits per heavy atom. The monoisotopic (exact) mass is 292 g/mol. The van der Waals surface area contributed by atoms with Gasteiger partial charge in [-0.05, 0) is 0 Å². The van der Waals surface area contributed by atoms with Gasteiger partial charge in [0, 0.05) is 0 Å². The summed E-state index contributed by atoms with van der Waals surface area (Å²) in [6, 6.07) is 14.0. The average molecular weight is 291 g/mol. The molecule has 1 atom stereocenters. The zero-order chi connectivity index (χ0) is 12.4. The topological polar surface area (TPSA) is 17.1 Å². The van der Waals surface area contributed by atoms with Crippen molar-refractivity contribution in [1.82, 2.24) is 0 Å². The molecule has 0 aliphatic heterocycles. The molecule has 0 N–H and O–H groups in total. The van der Waals surface area contributed by atoms with Gasteiger partial charge in [0.15, 0.2) is 0 Å². The Morgan fingerprint density at radius 2 is 1.41 bits per heavy atom. The molecule has 0 saturated heterocycles. The zero-order valence-corrected chi connectivity index (χ0v) is 12.1.